The summed E-state index contributed by atoms with van der Waals surface area (Å²) in [6.07, 6.45) is 0.540. The molecule has 0 saturated carbocycles. The fraction of sp³-hybridized carbons (Fsp3) is 0.259. The monoisotopic (exact) mass is 509 g/mol. The Morgan fingerprint density at radius 2 is 1.64 bits per heavy atom. The van der Waals surface area contributed by atoms with Gasteiger partial charge in [0.05, 0.1) is 17.4 Å². The molecule has 188 valence electrons. The van der Waals surface area contributed by atoms with Crippen molar-refractivity contribution in [2.24, 2.45) is 5.92 Å². The molecule has 0 spiro atoms. The van der Waals surface area contributed by atoms with E-state index in [9.17, 15) is 18.0 Å². The van der Waals surface area contributed by atoms with Crippen molar-refractivity contribution in [1.29, 1.82) is 0 Å². The zero-order valence-corrected chi connectivity index (χ0v) is 21.2. The molecule has 0 fully saturated rings. The normalized spacial score (nSPS) is 13.4. The van der Waals surface area contributed by atoms with Gasteiger partial charge in [0.2, 0.25) is 10.0 Å². The van der Waals surface area contributed by atoms with Gasteiger partial charge in [-0.15, -0.1) is 0 Å². The third-order valence-electron chi connectivity index (χ3n) is 6.19. The SMILES string of the molecule is CCC(C)C(NS(=O)(=O)c1ccc(C)cc1)C(=O)Oc1ccc2c(c1)oc(=O)c1cc(OC)ccc12. The van der Waals surface area contributed by atoms with Crippen molar-refractivity contribution in [3.63, 3.8) is 0 Å². The number of fused-ring (bicyclic) bond motifs is 3. The van der Waals surface area contributed by atoms with Crippen molar-refractivity contribution in [2.75, 3.05) is 7.11 Å². The lowest BCUT2D eigenvalue weighted by atomic mass is 10.0. The van der Waals surface area contributed by atoms with Gasteiger partial charge in [-0.1, -0.05) is 38.0 Å². The van der Waals surface area contributed by atoms with Gasteiger partial charge >= 0.3 is 11.6 Å². The number of hydrogen-bond donors (Lipinski definition) is 1. The van der Waals surface area contributed by atoms with E-state index in [0.29, 0.717) is 28.3 Å². The maximum atomic E-state index is 13.1. The predicted octanol–water partition coefficient (Wildman–Crippen LogP) is 4.56. The number of esters is 1. The number of methoxy groups -OCH3 is 1. The number of rotatable bonds is 8. The summed E-state index contributed by atoms with van der Waals surface area (Å²) in [4.78, 5) is 25.7. The zero-order valence-electron chi connectivity index (χ0n) is 20.4. The first-order valence-corrected chi connectivity index (χ1v) is 13.0. The van der Waals surface area contributed by atoms with E-state index >= 15 is 0 Å². The van der Waals surface area contributed by atoms with Crippen LogP contribution in [0.25, 0.3) is 21.7 Å². The molecule has 0 bridgehead atoms. The summed E-state index contributed by atoms with van der Waals surface area (Å²) >= 11 is 0. The van der Waals surface area contributed by atoms with E-state index in [1.807, 2.05) is 13.8 Å². The summed E-state index contributed by atoms with van der Waals surface area (Å²) in [7, 11) is -2.45. The van der Waals surface area contributed by atoms with Crippen LogP contribution >= 0.6 is 0 Å². The highest BCUT2D eigenvalue weighted by Crippen LogP contribution is 2.29. The topological polar surface area (TPSA) is 112 Å². The third kappa shape index (κ3) is 5.12. The molecule has 0 aliphatic heterocycles. The predicted molar refractivity (Wildman–Crippen MR) is 137 cm³/mol. The Labute approximate surface area is 208 Å². The molecule has 2 unspecified atom stereocenters. The van der Waals surface area contributed by atoms with Gasteiger partial charge in [-0.2, -0.15) is 4.72 Å². The lowest BCUT2D eigenvalue weighted by molar-refractivity contribution is -0.137. The molecule has 4 rings (SSSR count). The molecule has 2 atom stereocenters. The number of nitrogens with one attached hydrogen (secondary N) is 1. The van der Waals surface area contributed by atoms with Crippen LogP contribution in [0.15, 0.2) is 74.8 Å². The number of benzene rings is 3. The minimum Gasteiger partial charge on any atom is -0.497 e. The minimum atomic E-state index is -3.96. The third-order valence-corrected chi connectivity index (χ3v) is 7.65. The molecule has 0 aliphatic rings. The molecule has 3 aromatic carbocycles. The first kappa shape index (κ1) is 25.4. The first-order chi connectivity index (χ1) is 17.1. The lowest BCUT2D eigenvalue weighted by Crippen LogP contribution is -2.46. The van der Waals surface area contributed by atoms with Crippen LogP contribution in [0.2, 0.25) is 0 Å². The van der Waals surface area contributed by atoms with Gasteiger partial charge in [0.1, 0.15) is 23.1 Å². The molecule has 0 saturated heterocycles. The van der Waals surface area contributed by atoms with Crippen molar-refractivity contribution in [3.8, 4) is 11.5 Å². The maximum Gasteiger partial charge on any atom is 0.344 e. The van der Waals surface area contributed by atoms with Crippen LogP contribution in [0.5, 0.6) is 11.5 Å². The van der Waals surface area contributed by atoms with Crippen LogP contribution in [0.4, 0.5) is 0 Å². The van der Waals surface area contributed by atoms with E-state index in [1.54, 1.807) is 49.4 Å². The molecule has 0 amide bonds. The van der Waals surface area contributed by atoms with Gasteiger partial charge in [-0.25, -0.2) is 18.0 Å². The molecule has 1 N–H and O–H groups in total. The van der Waals surface area contributed by atoms with Crippen molar-refractivity contribution in [1.82, 2.24) is 4.72 Å². The summed E-state index contributed by atoms with van der Waals surface area (Å²) in [5, 5.41) is 1.70. The fourth-order valence-corrected chi connectivity index (χ4v) is 5.14. The van der Waals surface area contributed by atoms with Gasteiger partial charge in [0, 0.05) is 16.8 Å². The lowest BCUT2D eigenvalue weighted by Gasteiger charge is -2.22. The van der Waals surface area contributed by atoms with Gasteiger partial charge in [-0.3, -0.25) is 0 Å². The van der Waals surface area contributed by atoms with Crippen LogP contribution in [-0.2, 0) is 14.8 Å². The van der Waals surface area contributed by atoms with E-state index < -0.39 is 27.7 Å². The van der Waals surface area contributed by atoms with Crippen LogP contribution in [0.1, 0.15) is 25.8 Å². The first-order valence-electron chi connectivity index (χ1n) is 11.5. The molecule has 0 aliphatic carbocycles. The summed E-state index contributed by atoms with van der Waals surface area (Å²) in [6, 6.07) is 15.0. The number of hydrogen-bond acceptors (Lipinski definition) is 7. The highest BCUT2D eigenvalue weighted by molar-refractivity contribution is 7.89. The average Bonchev–Trinajstić information content (AvgIpc) is 2.86. The minimum absolute atomic E-state index is 0.0604. The number of aryl methyl sites for hydroxylation is 1. The highest BCUT2D eigenvalue weighted by Gasteiger charge is 2.31. The fourth-order valence-electron chi connectivity index (χ4n) is 3.85. The van der Waals surface area contributed by atoms with E-state index in [-0.39, 0.29) is 22.1 Å². The molecular weight excluding hydrogens is 482 g/mol. The summed E-state index contributed by atoms with van der Waals surface area (Å²) in [5.41, 5.74) is 0.605. The van der Waals surface area contributed by atoms with Gasteiger partial charge < -0.3 is 13.9 Å². The summed E-state index contributed by atoms with van der Waals surface area (Å²) < 4.78 is 44.6. The van der Waals surface area contributed by atoms with E-state index in [4.69, 9.17) is 13.9 Å². The second-order valence-corrected chi connectivity index (χ2v) is 10.4. The van der Waals surface area contributed by atoms with Gasteiger partial charge in [-0.05, 0) is 55.3 Å². The van der Waals surface area contributed by atoms with E-state index in [1.165, 1.54) is 25.3 Å². The molecule has 9 heteroatoms. The van der Waals surface area contributed by atoms with Crippen LogP contribution < -0.4 is 19.8 Å². The van der Waals surface area contributed by atoms with Gasteiger partial charge in [0.15, 0.2) is 0 Å². The van der Waals surface area contributed by atoms with Gasteiger partial charge in [0.25, 0.3) is 0 Å². The Bertz CT molecular complexity index is 1590. The molecule has 8 nitrogen and oxygen atoms in total. The summed E-state index contributed by atoms with van der Waals surface area (Å²) in [6.45, 7) is 5.48. The van der Waals surface area contributed by atoms with Crippen LogP contribution in [0, 0.1) is 12.8 Å². The maximum absolute atomic E-state index is 13.1. The standard InChI is InChI=1S/C27H27NO7S/c1-5-17(3)25(28-36(31,32)20-10-6-16(2)7-11-20)27(30)34-19-9-13-22-21-12-8-18(33-4)14-23(21)26(29)35-24(22)15-19/h6-15,17,25,28H,5H2,1-4H3. The molecule has 1 heterocycles. The van der Waals surface area contributed by atoms with E-state index in [2.05, 4.69) is 4.72 Å². The quantitative estimate of drug-likeness (QED) is 0.160. The van der Waals surface area contributed by atoms with Crippen molar-refractivity contribution >= 4 is 37.7 Å². The van der Waals surface area contributed by atoms with Crippen LogP contribution in [0.3, 0.4) is 0 Å². The number of carbonyl (C=O) groups excluding carboxylic acids is 1. The Morgan fingerprint density at radius 1 is 0.972 bits per heavy atom. The Hall–Kier alpha value is -3.69. The number of carbonyl (C=O) groups is 1. The largest absolute Gasteiger partial charge is 0.497 e. The summed E-state index contributed by atoms with van der Waals surface area (Å²) in [5.74, 6) is -0.433. The van der Waals surface area contributed by atoms with Crippen molar-refractivity contribution < 1.29 is 27.1 Å². The smallest absolute Gasteiger partial charge is 0.344 e. The number of ether oxygens (including phenoxy) is 2. The Kier molecular flexibility index (Phi) is 7.14. The highest BCUT2D eigenvalue weighted by atomic mass is 32.2. The van der Waals surface area contributed by atoms with Crippen molar-refractivity contribution in [2.45, 2.75) is 38.1 Å². The van der Waals surface area contributed by atoms with E-state index in [0.717, 1.165) is 5.56 Å². The Morgan fingerprint density at radius 3 is 2.31 bits per heavy atom. The molecule has 1 aromatic heterocycles. The van der Waals surface area contributed by atoms with Crippen LogP contribution in [-0.4, -0.2) is 27.5 Å². The molecular formula is C27H27NO7S. The Balaban J connectivity index is 1.64. The average molecular weight is 510 g/mol. The second-order valence-electron chi connectivity index (χ2n) is 8.68. The van der Waals surface area contributed by atoms with Crippen molar-refractivity contribution in [3.05, 3.63) is 76.6 Å². The molecule has 0 radical (unpaired) electrons. The molecule has 4 aromatic rings. The molecule has 36 heavy (non-hydrogen) atoms. The number of sulfonamides is 1. The second kappa shape index (κ2) is 10.1. The zero-order chi connectivity index (χ0) is 26.0.